The minimum Gasteiger partial charge on any atom is -0.478 e. The molecule has 0 aliphatic heterocycles. The number of carboxylic acid groups (broad SMARTS) is 1. The average Bonchev–Trinajstić information content (AvgIpc) is 2.05. The van der Waals surface area contributed by atoms with E-state index >= 15 is 0 Å². The van der Waals surface area contributed by atoms with Crippen LogP contribution in [0, 0.1) is 0 Å². The van der Waals surface area contributed by atoms with Gasteiger partial charge in [-0.25, -0.2) is 9.36 Å². The van der Waals surface area contributed by atoms with Gasteiger partial charge in [0.15, 0.2) is 0 Å². The van der Waals surface area contributed by atoms with Crippen LogP contribution in [0.4, 0.5) is 0 Å². The lowest BCUT2D eigenvalue weighted by Gasteiger charge is -1.96. The van der Waals surface area contributed by atoms with Gasteiger partial charge >= 0.3 is 14.7 Å². The number of carboxylic acids is 1. The van der Waals surface area contributed by atoms with Crippen LogP contribution < -0.4 is 4.52 Å². The Morgan fingerprint density at radius 3 is 2.83 bits per heavy atom. The van der Waals surface area contributed by atoms with Gasteiger partial charge in [0.2, 0.25) is 0 Å². The predicted octanol–water partition coefficient (Wildman–Crippen LogP) is 1.97. The summed E-state index contributed by atoms with van der Waals surface area (Å²) < 4.78 is 14.5. The molecule has 0 bridgehead atoms. The second kappa shape index (κ2) is 3.83. The van der Waals surface area contributed by atoms with Crippen LogP contribution in [0.3, 0.4) is 0 Å². The molecular formula is C7H5O4P. The van der Waals surface area contributed by atoms with Gasteiger partial charge in [0, 0.05) is 0 Å². The van der Waals surface area contributed by atoms with E-state index in [1.54, 1.807) is 0 Å². The fourth-order valence-corrected chi connectivity index (χ4v) is 0.929. The first-order valence-corrected chi connectivity index (χ1v) is 3.80. The molecule has 0 radical (unpaired) electrons. The Morgan fingerprint density at radius 2 is 2.25 bits per heavy atom. The van der Waals surface area contributed by atoms with E-state index in [-0.39, 0.29) is 11.3 Å². The molecule has 0 spiro atoms. The van der Waals surface area contributed by atoms with Crippen LogP contribution in [-0.2, 0) is 4.57 Å². The van der Waals surface area contributed by atoms with Gasteiger partial charge in [-0.05, 0) is 18.2 Å². The van der Waals surface area contributed by atoms with Crippen molar-refractivity contribution in [3.8, 4) is 5.75 Å². The lowest BCUT2D eigenvalue weighted by atomic mass is 10.2. The fraction of sp³-hybridized carbons (Fsp3) is 0. The van der Waals surface area contributed by atoms with Crippen LogP contribution in [0.2, 0.25) is 0 Å². The molecular weight excluding hydrogens is 179 g/mol. The molecule has 1 aromatic rings. The van der Waals surface area contributed by atoms with E-state index < -0.39 is 14.7 Å². The summed E-state index contributed by atoms with van der Waals surface area (Å²) in [7, 11) is -0.493. The van der Waals surface area contributed by atoms with Crippen LogP contribution in [0.1, 0.15) is 10.4 Å². The molecule has 0 amide bonds. The third-order valence-electron chi connectivity index (χ3n) is 1.22. The van der Waals surface area contributed by atoms with E-state index in [1.807, 2.05) is 0 Å². The Kier molecular flexibility index (Phi) is 2.77. The molecule has 0 atom stereocenters. The standard InChI is InChI=1S/C7H5O4P/c8-7(9)5-2-1-3-6(4-5)11-12-10/h1-4H,(H,8,9). The first-order valence-electron chi connectivity index (χ1n) is 3.07. The van der Waals surface area contributed by atoms with Gasteiger partial charge in [-0.2, -0.15) is 0 Å². The number of hydrogen-bond donors (Lipinski definition) is 1. The molecule has 0 aliphatic rings. The summed E-state index contributed by atoms with van der Waals surface area (Å²) in [6, 6.07) is 5.77. The monoisotopic (exact) mass is 184 g/mol. The third kappa shape index (κ3) is 2.04. The maximum absolute atomic E-state index is 10.4. The molecule has 5 heteroatoms. The molecule has 4 nitrogen and oxygen atoms in total. The zero-order valence-electron chi connectivity index (χ0n) is 5.93. The average molecular weight is 184 g/mol. The molecule has 12 heavy (non-hydrogen) atoms. The van der Waals surface area contributed by atoms with Gasteiger partial charge < -0.3 is 9.63 Å². The Labute approximate surface area is 70.1 Å². The maximum Gasteiger partial charge on any atom is 0.395 e. The van der Waals surface area contributed by atoms with E-state index in [0.717, 1.165) is 0 Å². The second-order valence-electron chi connectivity index (χ2n) is 2.00. The molecule has 1 aromatic carbocycles. The second-order valence-corrected chi connectivity index (χ2v) is 2.33. The molecule has 0 saturated heterocycles. The molecule has 62 valence electrons. The molecule has 0 fully saturated rings. The molecule has 0 saturated carbocycles. The highest BCUT2D eigenvalue weighted by atomic mass is 31.1. The van der Waals surface area contributed by atoms with E-state index in [4.69, 9.17) is 5.11 Å². The van der Waals surface area contributed by atoms with Gasteiger partial charge in [-0.3, -0.25) is 0 Å². The molecule has 0 aliphatic carbocycles. The number of aromatic carboxylic acids is 1. The molecule has 0 unspecified atom stereocenters. The van der Waals surface area contributed by atoms with Gasteiger partial charge in [-0.1, -0.05) is 6.07 Å². The number of hydrogen-bond acceptors (Lipinski definition) is 3. The van der Waals surface area contributed by atoms with Gasteiger partial charge in [0.1, 0.15) is 5.75 Å². The van der Waals surface area contributed by atoms with Gasteiger partial charge in [0.25, 0.3) is 0 Å². The van der Waals surface area contributed by atoms with Crippen molar-refractivity contribution in [1.29, 1.82) is 0 Å². The van der Waals surface area contributed by atoms with Gasteiger partial charge in [-0.15, -0.1) is 0 Å². The first kappa shape index (κ1) is 8.68. The van der Waals surface area contributed by atoms with Crippen molar-refractivity contribution in [2.75, 3.05) is 0 Å². The summed E-state index contributed by atoms with van der Waals surface area (Å²) in [5.41, 5.74) is 0.108. The highest BCUT2D eigenvalue weighted by Gasteiger charge is 2.02. The Balaban J connectivity index is 2.95. The number of rotatable bonds is 3. The highest BCUT2D eigenvalue weighted by Crippen LogP contribution is 2.16. The lowest BCUT2D eigenvalue weighted by Crippen LogP contribution is -1.95. The Morgan fingerprint density at radius 1 is 1.50 bits per heavy atom. The smallest absolute Gasteiger partial charge is 0.395 e. The van der Waals surface area contributed by atoms with Crippen molar-refractivity contribution in [1.82, 2.24) is 0 Å². The van der Waals surface area contributed by atoms with Crippen molar-refractivity contribution >= 4 is 14.7 Å². The summed E-state index contributed by atoms with van der Waals surface area (Å²) in [5, 5.41) is 8.54. The lowest BCUT2D eigenvalue weighted by molar-refractivity contribution is 0.0696. The Bertz CT molecular complexity index is 310. The van der Waals surface area contributed by atoms with E-state index in [0.29, 0.717) is 0 Å². The number of benzene rings is 1. The summed E-state index contributed by atoms with van der Waals surface area (Å²) in [5.74, 6) is -0.769. The topological polar surface area (TPSA) is 63.6 Å². The van der Waals surface area contributed by atoms with Crippen molar-refractivity contribution in [3.05, 3.63) is 29.8 Å². The summed E-state index contributed by atoms with van der Waals surface area (Å²) in [6.07, 6.45) is 0. The maximum atomic E-state index is 10.4. The van der Waals surface area contributed by atoms with Crippen molar-refractivity contribution < 1.29 is 19.0 Å². The van der Waals surface area contributed by atoms with E-state index in [9.17, 15) is 9.36 Å². The third-order valence-corrected chi connectivity index (χ3v) is 1.51. The minimum absolute atomic E-state index is 0.108. The van der Waals surface area contributed by atoms with Crippen LogP contribution in [0.15, 0.2) is 24.3 Å². The molecule has 0 heterocycles. The summed E-state index contributed by atoms with van der Waals surface area (Å²) in [4.78, 5) is 10.4. The normalized spacial score (nSPS) is 9.67. The molecule has 0 aromatic heterocycles. The quantitative estimate of drug-likeness (QED) is 0.729. The van der Waals surface area contributed by atoms with E-state index in [2.05, 4.69) is 4.52 Å². The molecule has 1 N–H and O–H groups in total. The van der Waals surface area contributed by atoms with Crippen LogP contribution in [-0.4, -0.2) is 11.1 Å². The zero-order valence-corrected chi connectivity index (χ0v) is 6.82. The first-order chi connectivity index (χ1) is 5.74. The van der Waals surface area contributed by atoms with Crippen LogP contribution in [0.5, 0.6) is 5.75 Å². The largest absolute Gasteiger partial charge is 0.478 e. The van der Waals surface area contributed by atoms with Crippen LogP contribution >= 0.6 is 8.69 Å². The summed E-state index contributed by atoms with van der Waals surface area (Å²) >= 11 is 0. The predicted molar refractivity (Wildman–Crippen MR) is 41.6 cm³/mol. The molecule has 1 rings (SSSR count). The van der Waals surface area contributed by atoms with Crippen LogP contribution in [0.25, 0.3) is 0 Å². The fourth-order valence-electron chi connectivity index (χ4n) is 0.729. The van der Waals surface area contributed by atoms with Gasteiger partial charge in [0.05, 0.1) is 5.56 Å². The van der Waals surface area contributed by atoms with Crippen molar-refractivity contribution in [2.24, 2.45) is 0 Å². The zero-order chi connectivity index (χ0) is 8.97. The highest BCUT2D eigenvalue weighted by molar-refractivity contribution is 7.17. The van der Waals surface area contributed by atoms with Crippen molar-refractivity contribution in [2.45, 2.75) is 0 Å². The van der Waals surface area contributed by atoms with E-state index in [1.165, 1.54) is 24.3 Å². The number of carbonyl (C=O) groups is 1. The summed E-state index contributed by atoms with van der Waals surface area (Å²) in [6.45, 7) is 0. The Hall–Kier alpha value is -1.41. The SMILES string of the molecule is O=POc1cccc(C(=O)O)c1. The van der Waals surface area contributed by atoms with Crippen molar-refractivity contribution in [3.63, 3.8) is 0 Å². The minimum atomic E-state index is -1.04.